The molecule has 0 saturated carbocycles. The Hall–Kier alpha value is -0.710. The Morgan fingerprint density at radius 3 is 2.85 bits per heavy atom. The van der Waals surface area contributed by atoms with Gasteiger partial charge < -0.3 is 5.11 Å². The van der Waals surface area contributed by atoms with Crippen LogP contribution in [-0.2, 0) is 0 Å². The number of thiazole rings is 1. The number of aryl methyl sites for hydroxylation is 1. The van der Waals surface area contributed by atoms with Gasteiger partial charge in [0.2, 0.25) is 0 Å². The van der Waals surface area contributed by atoms with E-state index >= 15 is 0 Å². The normalized spacial score (nSPS) is 13.1. The summed E-state index contributed by atoms with van der Waals surface area (Å²) in [7, 11) is 0. The molecule has 0 saturated heterocycles. The minimum atomic E-state index is -0.543. The van der Waals surface area contributed by atoms with E-state index in [1.807, 2.05) is 24.4 Å². The largest absolute Gasteiger partial charge is 0.380 e. The van der Waals surface area contributed by atoms with Crippen LogP contribution in [0.1, 0.15) is 20.9 Å². The molecule has 0 spiro atoms. The summed E-state index contributed by atoms with van der Waals surface area (Å²) in [6.45, 7) is 2.03. The Balaban J connectivity index is 2.28. The maximum atomic E-state index is 9.85. The van der Waals surface area contributed by atoms with Crippen LogP contribution >= 0.6 is 22.7 Å². The number of aliphatic hydroxyl groups excluding tert-OH is 1. The average Bonchev–Trinajstić information content (AvgIpc) is 2.72. The third-order valence-corrected chi connectivity index (χ3v) is 3.60. The van der Waals surface area contributed by atoms with E-state index in [-0.39, 0.29) is 0 Å². The van der Waals surface area contributed by atoms with Crippen molar-refractivity contribution in [3.05, 3.63) is 38.5 Å². The van der Waals surface area contributed by atoms with Crippen molar-refractivity contribution in [1.29, 1.82) is 0 Å². The van der Waals surface area contributed by atoms with Crippen LogP contribution in [0.4, 0.5) is 0 Å². The lowest BCUT2D eigenvalue weighted by Gasteiger charge is -2.02. The van der Waals surface area contributed by atoms with Crippen LogP contribution in [0.15, 0.2) is 23.7 Å². The van der Waals surface area contributed by atoms with Gasteiger partial charge >= 0.3 is 0 Å². The van der Waals surface area contributed by atoms with Crippen molar-refractivity contribution in [1.82, 2.24) is 4.98 Å². The van der Waals surface area contributed by atoms with Crippen molar-refractivity contribution >= 4 is 22.7 Å². The van der Waals surface area contributed by atoms with Gasteiger partial charge in [-0.1, -0.05) is 0 Å². The molecule has 1 atom stereocenters. The Morgan fingerprint density at radius 1 is 1.46 bits per heavy atom. The molecular formula is C9H9NOS2. The van der Waals surface area contributed by atoms with Gasteiger partial charge in [-0.15, -0.1) is 22.7 Å². The molecule has 0 aliphatic rings. The molecule has 0 fully saturated rings. The predicted octanol–water partition coefficient (Wildman–Crippen LogP) is 2.59. The Morgan fingerprint density at radius 2 is 2.31 bits per heavy atom. The van der Waals surface area contributed by atoms with Crippen LogP contribution in [0.2, 0.25) is 0 Å². The molecule has 1 unspecified atom stereocenters. The van der Waals surface area contributed by atoms with Crippen molar-refractivity contribution in [2.24, 2.45) is 0 Å². The second-order valence-corrected chi connectivity index (χ2v) is 4.97. The van der Waals surface area contributed by atoms with Gasteiger partial charge in [-0.05, 0) is 19.1 Å². The molecular weight excluding hydrogens is 202 g/mol. The maximum absolute atomic E-state index is 9.85. The maximum Gasteiger partial charge on any atom is 0.140 e. The summed E-state index contributed by atoms with van der Waals surface area (Å²) in [4.78, 5) is 6.26. The SMILES string of the molecule is Cc1ccc(C(O)c2nccs2)s1. The quantitative estimate of drug-likeness (QED) is 0.828. The molecule has 0 radical (unpaired) electrons. The van der Waals surface area contributed by atoms with E-state index in [2.05, 4.69) is 4.98 Å². The second kappa shape index (κ2) is 3.57. The lowest BCUT2D eigenvalue weighted by atomic mass is 10.3. The first-order chi connectivity index (χ1) is 6.27. The highest BCUT2D eigenvalue weighted by Crippen LogP contribution is 2.28. The van der Waals surface area contributed by atoms with Crippen LogP contribution in [0.5, 0.6) is 0 Å². The topological polar surface area (TPSA) is 33.1 Å². The third kappa shape index (κ3) is 1.80. The molecule has 4 heteroatoms. The van der Waals surface area contributed by atoms with Gasteiger partial charge in [0.25, 0.3) is 0 Å². The molecule has 0 aromatic carbocycles. The minimum Gasteiger partial charge on any atom is -0.380 e. The molecule has 13 heavy (non-hydrogen) atoms. The first-order valence-electron chi connectivity index (χ1n) is 3.91. The van der Waals surface area contributed by atoms with E-state index in [4.69, 9.17) is 0 Å². The van der Waals surface area contributed by atoms with Gasteiger partial charge in [0.15, 0.2) is 0 Å². The molecule has 2 aromatic rings. The van der Waals surface area contributed by atoms with E-state index < -0.39 is 6.10 Å². The zero-order valence-electron chi connectivity index (χ0n) is 7.10. The summed E-state index contributed by atoms with van der Waals surface area (Å²) >= 11 is 3.09. The number of aliphatic hydroxyl groups is 1. The zero-order chi connectivity index (χ0) is 9.26. The molecule has 2 rings (SSSR count). The van der Waals surface area contributed by atoms with Crippen molar-refractivity contribution in [3.63, 3.8) is 0 Å². The molecule has 0 aliphatic carbocycles. The van der Waals surface area contributed by atoms with Crippen molar-refractivity contribution in [3.8, 4) is 0 Å². The van der Waals surface area contributed by atoms with Gasteiger partial charge in [-0.3, -0.25) is 0 Å². The lowest BCUT2D eigenvalue weighted by Crippen LogP contribution is -1.94. The van der Waals surface area contributed by atoms with Crippen LogP contribution in [0.3, 0.4) is 0 Å². The molecule has 0 bridgehead atoms. The number of rotatable bonds is 2. The summed E-state index contributed by atoms with van der Waals surface area (Å²) in [5.74, 6) is 0. The lowest BCUT2D eigenvalue weighted by molar-refractivity contribution is 0.223. The summed E-state index contributed by atoms with van der Waals surface area (Å²) in [5, 5.41) is 12.5. The van der Waals surface area contributed by atoms with Crippen LogP contribution < -0.4 is 0 Å². The summed E-state index contributed by atoms with van der Waals surface area (Å²) in [5.41, 5.74) is 0. The van der Waals surface area contributed by atoms with Gasteiger partial charge in [0.05, 0.1) is 0 Å². The summed E-state index contributed by atoms with van der Waals surface area (Å²) < 4.78 is 0. The Labute approximate surface area is 84.5 Å². The van der Waals surface area contributed by atoms with Gasteiger partial charge in [0.1, 0.15) is 11.1 Å². The van der Waals surface area contributed by atoms with Crippen LogP contribution in [-0.4, -0.2) is 10.1 Å². The molecule has 2 aromatic heterocycles. The highest BCUT2D eigenvalue weighted by molar-refractivity contribution is 7.12. The number of thiophene rings is 1. The number of hydrogen-bond donors (Lipinski definition) is 1. The Bertz CT molecular complexity index is 380. The van der Waals surface area contributed by atoms with Gasteiger partial charge in [0, 0.05) is 21.3 Å². The standard InChI is InChI=1S/C9H9NOS2/c1-6-2-3-7(13-6)8(11)9-10-4-5-12-9/h2-5,8,11H,1H3. The molecule has 0 aliphatic heterocycles. The third-order valence-electron chi connectivity index (χ3n) is 1.72. The van der Waals surface area contributed by atoms with Crippen molar-refractivity contribution in [2.75, 3.05) is 0 Å². The fraction of sp³-hybridized carbons (Fsp3) is 0.222. The predicted molar refractivity (Wildman–Crippen MR) is 55.2 cm³/mol. The van der Waals surface area contributed by atoms with Crippen LogP contribution in [0.25, 0.3) is 0 Å². The fourth-order valence-electron chi connectivity index (χ4n) is 1.09. The fourth-order valence-corrected chi connectivity index (χ4v) is 2.67. The smallest absolute Gasteiger partial charge is 0.140 e. The number of nitrogens with zero attached hydrogens (tertiary/aromatic N) is 1. The van der Waals surface area contributed by atoms with Crippen molar-refractivity contribution < 1.29 is 5.11 Å². The first-order valence-corrected chi connectivity index (χ1v) is 5.61. The number of hydrogen-bond acceptors (Lipinski definition) is 4. The molecule has 1 N–H and O–H groups in total. The Kier molecular flexibility index (Phi) is 2.44. The second-order valence-electron chi connectivity index (χ2n) is 2.72. The monoisotopic (exact) mass is 211 g/mol. The first kappa shape index (κ1) is 8.87. The molecule has 2 heterocycles. The van der Waals surface area contributed by atoms with E-state index in [1.165, 1.54) is 16.2 Å². The molecule has 68 valence electrons. The van der Waals surface area contributed by atoms with Crippen LogP contribution in [0, 0.1) is 6.92 Å². The number of aromatic nitrogens is 1. The van der Waals surface area contributed by atoms with Crippen molar-refractivity contribution in [2.45, 2.75) is 13.0 Å². The highest BCUT2D eigenvalue weighted by atomic mass is 32.1. The van der Waals surface area contributed by atoms with Gasteiger partial charge in [-0.25, -0.2) is 4.98 Å². The van der Waals surface area contributed by atoms with E-state index in [0.29, 0.717) is 0 Å². The molecule has 2 nitrogen and oxygen atoms in total. The molecule has 0 amide bonds. The van der Waals surface area contributed by atoms with E-state index in [1.54, 1.807) is 17.5 Å². The summed E-state index contributed by atoms with van der Waals surface area (Å²) in [6, 6.07) is 3.96. The van der Waals surface area contributed by atoms with E-state index in [0.717, 1.165) is 9.88 Å². The summed E-state index contributed by atoms with van der Waals surface area (Å²) in [6.07, 6.45) is 1.17. The highest BCUT2D eigenvalue weighted by Gasteiger charge is 2.13. The zero-order valence-corrected chi connectivity index (χ0v) is 8.73. The van der Waals surface area contributed by atoms with Gasteiger partial charge in [-0.2, -0.15) is 0 Å². The average molecular weight is 211 g/mol. The minimum absolute atomic E-state index is 0.543. The van der Waals surface area contributed by atoms with E-state index in [9.17, 15) is 5.11 Å².